The zero-order valence-corrected chi connectivity index (χ0v) is 15.4. The predicted molar refractivity (Wildman–Crippen MR) is 93.3 cm³/mol. The van der Waals surface area contributed by atoms with Crippen LogP contribution >= 0.6 is 12.4 Å². The number of hydrogen-bond acceptors (Lipinski definition) is 6. The predicted octanol–water partition coefficient (Wildman–Crippen LogP) is 1.75. The van der Waals surface area contributed by atoms with Crippen LogP contribution in [0.15, 0.2) is 24.5 Å². The van der Waals surface area contributed by atoms with E-state index in [1.54, 1.807) is 31.2 Å². The summed E-state index contributed by atoms with van der Waals surface area (Å²) in [6.45, 7) is -3.01. The number of nitrogens with one attached hydrogen (secondary N) is 2. The number of hydrogen-bond donors (Lipinski definition) is 2. The molecule has 1 amide bonds. The Balaban J connectivity index is 0.00000261. The van der Waals surface area contributed by atoms with Crippen molar-refractivity contribution in [1.82, 2.24) is 20.4 Å². The number of carbonyl (C=O) groups is 1. The maximum Gasteiger partial charge on any atom is 0.387 e. The molecule has 0 fully saturated rings. The van der Waals surface area contributed by atoms with Gasteiger partial charge in [-0.3, -0.25) is 9.48 Å². The number of halogens is 3. The maximum absolute atomic E-state index is 12.7. The minimum atomic E-state index is -3.00. The van der Waals surface area contributed by atoms with E-state index in [0.717, 1.165) is 0 Å². The molecule has 1 aliphatic rings. The van der Waals surface area contributed by atoms with Gasteiger partial charge in [0, 0.05) is 37.0 Å². The van der Waals surface area contributed by atoms with Crippen LogP contribution in [0.3, 0.4) is 0 Å². The van der Waals surface area contributed by atoms with Crippen molar-refractivity contribution in [2.45, 2.75) is 19.2 Å². The van der Waals surface area contributed by atoms with E-state index in [1.807, 2.05) is 0 Å². The smallest absolute Gasteiger partial charge is 0.387 e. The van der Waals surface area contributed by atoms with E-state index in [9.17, 15) is 13.6 Å². The third-order valence-electron chi connectivity index (χ3n) is 3.83. The molecule has 0 aliphatic carbocycles. The summed E-state index contributed by atoms with van der Waals surface area (Å²) in [4.78, 5) is 12.5. The van der Waals surface area contributed by atoms with Crippen LogP contribution in [-0.4, -0.2) is 36.1 Å². The Hall–Kier alpha value is -2.59. The van der Waals surface area contributed by atoms with Crippen molar-refractivity contribution in [2.75, 3.05) is 13.8 Å². The molecule has 148 valence electrons. The number of ether oxygens (including phenoxy) is 3. The normalized spacial score (nSPS) is 13.2. The summed E-state index contributed by atoms with van der Waals surface area (Å²) >= 11 is 0. The zero-order valence-electron chi connectivity index (χ0n) is 14.6. The van der Waals surface area contributed by atoms with Gasteiger partial charge in [-0.15, -0.1) is 12.4 Å². The molecule has 1 aliphatic heterocycles. The Labute approximate surface area is 160 Å². The van der Waals surface area contributed by atoms with Crippen molar-refractivity contribution < 1.29 is 27.8 Å². The van der Waals surface area contributed by atoms with Crippen LogP contribution in [0.4, 0.5) is 8.78 Å². The van der Waals surface area contributed by atoms with Crippen molar-refractivity contribution in [3.63, 3.8) is 0 Å². The van der Waals surface area contributed by atoms with Crippen LogP contribution < -0.4 is 24.8 Å². The Bertz CT molecular complexity index is 803. The summed E-state index contributed by atoms with van der Waals surface area (Å²) in [6, 6.07) is 2.21. The summed E-state index contributed by atoms with van der Waals surface area (Å²) in [5, 5.41) is 9.63. The minimum Gasteiger partial charge on any atom is -0.454 e. The van der Waals surface area contributed by atoms with Gasteiger partial charge in [0.05, 0.1) is 6.20 Å². The van der Waals surface area contributed by atoms with Crippen molar-refractivity contribution in [3.8, 4) is 17.2 Å². The van der Waals surface area contributed by atoms with Crippen molar-refractivity contribution in [2.24, 2.45) is 7.05 Å². The summed E-state index contributed by atoms with van der Waals surface area (Å²) < 4.78 is 41.8. The molecule has 2 aromatic rings. The average Bonchev–Trinajstić information content (AvgIpc) is 3.21. The topological polar surface area (TPSA) is 86.6 Å². The first-order chi connectivity index (χ1) is 12.5. The molecule has 1 aromatic heterocycles. The second kappa shape index (κ2) is 8.87. The summed E-state index contributed by atoms with van der Waals surface area (Å²) in [5.74, 6) is 0.320. The molecule has 1 aromatic carbocycles. The van der Waals surface area contributed by atoms with Crippen LogP contribution in [0, 0.1) is 0 Å². The van der Waals surface area contributed by atoms with E-state index in [-0.39, 0.29) is 37.4 Å². The Morgan fingerprint density at radius 2 is 2.07 bits per heavy atom. The van der Waals surface area contributed by atoms with Gasteiger partial charge in [-0.1, -0.05) is 0 Å². The van der Waals surface area contributed by atoms with Gasteiger partial charge in [-0.05, 0) is 13.1 Å². The van der Waals surface area contributed by atoms with Gasteiger partial charge >= 0.3 is 6.61 Å². The number of alkyl halides is 2. The highest BCUT2D eigenvalue weighted by Crippen LogP contribution is 2.38. The zero-order chi connectivity index (χ0) is 18.7. The standard InChI is InChI=1S/C16H18F2N4O4.ClH/c1-19-14(10-6-21-22(2)7-10)15(23)20-5-9-3-12-13(25-8-24-12)4-11(9)26-16(17)18;/h3-4,6-7,14,16,19H,5,8H2,1-2H3,(H,20,23);1H. The molecule has 2 heterocycles. The van der Waals surface area contributed by atoms with Gasteiger partial charge in [0.15, 0.2) is 11.5 Å². The molecule has 3 rings (SSSR count). The number of carbonyl (C=O) groups excluding carboxylic acids is 1. The third-order valence-corrected chi connectivity index (χ3v) is 3.83. The number of likely N-dealkylation sites (N-methyl/N-ethyl adjacent to an activating group) is 1. The van der Waals surface area contributed by atoms with Crippen molar-refractivity contribution in [1.29, 1.82) is 0 Å². The monoisotopic (exact) mass is 404 g/mol. The van der Waals surface area contributed by atoms with Gasteiger partial charge in [-0.25, -0.2) is 0 Å². The first-order valence-electron chi connectivity index (χ1n) is 7.78. The highest BCUT2D eigenvalue weighted by atomic mass is 35.5. The quantitative estimate of drug-likeness (QED) is 0.731. The molecule has 1 unspecified atom stereocenters. The second-order valence-corrected chi connectivity index (χ2v) is 5.58. The second-order valence-electron chi connectivity index (χ2n) is 5.58. The lowest BCUT2D eigenvalue weighted by atomic mass is 10.1. The highest BCUT2D eigenvalue weighted by molar-refractivity contribution is 5.85. The van der Waals surface area contributed by atoms with Gasteiger partial charge in [0.1, 0.15) is 11.8 Å². The molecular weight excluding hydrogens is 386 g/mol. The van der Waals surface area contributed by atoms with Crippen LogP contribution in [-0.2, 0) is 18.4 Å². The van der Waals surface area contributed by atoms with E-state index in [2.05, 4.69) is 20.5 Å². The van der Waals surface area contributed by atoms with Gasteiger partial charge in [0.2, 0.25) is 12.7 Å². The van der Waals surface area contributed by atoms with Gasteiger partial charge in [-0.2, -0.15) is 13.9 Å². The van der Waals surface area contributed by atoms with Crippen LogP contribution in [0.25, 0.3) is 0 Å². The lowest BCUT2D eigenvalue weighted by molar-refractivity contribution is -0.123. The van der Waals surface area contributed by atoms with Crippen LogP contribution in [0.2, 0.25) is 0 Å². The molecule has 0 spiro atoms. The average molecular weight is 405 g/mol. The number of amides is 1. The summed E-state index contributed by atoms with van der Waals surface area (Å²) in [7, 11) is 3.39. The fourth-order valence-corrected chi connectivity index (χ4v) is 2.63. The van der Waals surface area contributed by atoms with E-state index < -0.39 is 12.7 Å². The van der Waals surface area contributed by atoms with E-state index in [4.69, 9.17) is 9.47 Å². The van der Waals surface area contributed by atoms with Crippen molar-refractivity contribution in [3.05, 3.63) is 35.7 Å². The molecule has 8 nitrogen and oxygen atoms in total. The number of nitrogens with zero attached hydrogens (tertiary/aromatic N) is 2. The number of aryl methyl sites for hydroxylation is 1. The Morgan fingerprint density at radius 3 is 2.67 bits per heavy atom. The molecular formula is C16H19ClF2N4O4. The van der Waals surface area contributed by atoms with E-state index in [1.165, 1.54) is 12.1 Å². The van der Waals surface area contributed by atoms with E-state index >= 15 is 0 Å². The largest absolute Gasteiger partial charge is 0.454 e. The molecule has 0 saturated carbocycles. The van der Waals surface area contributed by atoms with Crippen LogP contribution in [0.1, 0.15) is 17.2 Å². The number of benzene rings is 1. The fourth-order valence-electron chi connectivity index (χ4n) is 2.63. The highest BCUT2D eigenvalue weighted by Gasteiger charge is 2.23. The molecule has 0 bridgehead atoms. The summed E-state index contributed by atoms with van der Waals surface area (Å²) in [6.07, 6.45) is 3.29. The Morgan fingerprint density at radius 1 is 1.37 bits per heavy atom. The summed E-state index contributed by atoms with van der Waals surface area (Å²) in [5.41, 5.74) is 1.03. The molecule has 1 atom stereocenters. The van der Waals surface area contributed by atoms with Crippen molar-refractivity contribution >= 4 is 18.3 Å². The molecule has 27 heavy (non-hydrogen) atoms. The first kappa shape index (κ1) is 20.7. The van der Waals surface area contributed by atoms with E-state index in [0.29, 0.717) is 22.6 Å². The van der Waals surface area contributed by atoms with Crippen LogP contribution in [0.5, 0.6) is 17.2 Å². The fraction of sp³-hybridized carbons (Fsp3) is 0.375. The molecule has 0 radical (unpaired) electrons. The molecule has 11 heteroatoms. The number of fused-ring (bicyclic) bond motifs is 1. The lowest BCUT2D eigenvalue weighted by Gasteiger charge is -2.16. The Kier molecular flexibility index (Phi) is 6.81. The first-order valence-corrected chi connectivity index (χ1v) is 7.78. The maximum atomic E-state index is 12.7. The number of aromatic nitrogens is 2. The SMILES string of the molecule is CNC(C(=O)NCc1cc2c(cc1OC(F)F)OCO2)c1cnn(C)c1.Cl. The third kappa shape index (κ3) is 4.77. The van der Waals surface area contributed by atoms with Gasteiger partial charge < -0.3 is 24.8 Å². The minimum absolute atomic E-state index is 0. The molecule has 0 saturated heterocycles. The molecule has 2 N–H and O–H groups in total. The lowest BCUT2D eigenvalue weighted by Crippen LogP contribution is -2.35. The van der Waals surface area contributed by atoms with Gasteiger partial charge in [0.25, 0.3) is 0 Å². The number of rotatable bonds is 7.